The third-order valence-corrected chi connectivity index (χ3v) is 4.15. The van der Waals surface area contributed by atoms with E-state index in [-0.39, 0.29) is 10.7 Å². The van der Waals surface area contributed by atoms with Gasteiger partial charge >= 0.3 is 5.97 Å². The van der Waals surface area contributed by atoms with Gasteiger partial charge in [0.2, 0.25) is 0 Å². The largest absolute Gasteiger partial charge is 0.477 e. The van der Waals surface area contributed by atoms with Crippen LogP contribution in [-0.2, 0) is 6.54 Å². The zero-order valence-electron chi connectivity index (χ0n) is 12.1. The van der Waals surface area contributed by atoms with Gasteiger partial charge in [0.1, 0.15) is 4.88 Å². The van der Waals surface area contributed by atoms with Crippen molar-refractivity contribution in [1.82, 2.24) is 9.78 Å². The Labute approximate surface area is 126 Å². The third-order valence-electron chi connectivity index (χ3n) is 3.23. The summed E-state index contributed by atoms with van der Waals surface area (Å²) < 4.78 is 1.88. The molecule has 21 heavy (non-hydrogen) atoms. The summed E-state index contributed by atoms with van der Waals surface area (Å²) in [5.74, 6) is -1.22. The minimum atomic E-state index is -1.01. The van der Waals surface area contributed by atoms with Crippen LogP contribution in [-0.4, -0.2) is 26.6 Å². The molecule has 0 saturated heterocycles. The number of hydrogen-bond donors (Lipinski definition) is 1. The van der Waals surface area contributed by atoms with Crippen molar-refractivity contribution in [2.24, 2.45) is 0 Å². The lowest BCUT2D eigenvalue weighted by Crippen LogP contribution is -1.98. The van der Waals surface area contributed by atoms with Crippen molar-refractivity contribution in [2.45, 2.75) is 27.3 Å². The van der Waals surface area contributed by atoms with Crippen LogP contribution in [0.1, 0.15) is 43.9 Å². The molecule has 0 saturated carbocycles. The highest BCUT2D eigenvalue weighted by atomic mass is 32.1. The molecule has 0 radical (unpaired) electrons. The molecule has 0 bridgehead atoms. The van der Waals surface area contributed by atoms with Gasteiger partial charge in [-0.2, -0.15) is 5.10 Å². The molecule has 0 fully saturated rings. The van der Waals surface area contributed by atoms with Gasteiger partial charge in [0.15, 0.2) is 5.78 Å². The van der Waals surface area contributed by atoms with Crippen LogP contribution in [0.2, 0.25) is 0 Å². The van der Waals surface area contributed by atoms with Crippen molar-refractivity contribution in [2.75, 3.05) is 0 Å². The highest BCUT2D eigenvalue weighted by Crippen LogP contribution is 2.18. The van der Waals surface area contributed by atoms with Crippen molar-refractivity contribution < 1.29 is 14.7 Å². The van der Waals surface area contributed by atoms with Crippen LogP contribution in [0.4, 0.5) is 0 Å². The highest BCUT2D eigenvalue weighted by Gasteiger charge is 2.12. The summed E-state index contributed by atoms with van der Waals surface area (Å²) in [6, 6.07) is 1.40. The Kier molecular flexibility index (Phi) is 4.37. The number of carbonyl (C=O) groups excluding carboxylic acids is 1. The maximum atomic E-state index is 12.1. The minimum Gasteiger partial charge on any atom is -0.477 e. The molecule has 5 nitrogen and oxygen atoms in total. The molecule has 0 unspecified atom stereocenters. The van der Waals surface area contributed by atoms with Gasteiger partial charge in [0, 0.05) is 28.7 Å². The first-order valence-corrected chi connectivity index (χ1v) is 7.40. The molecule has 0 spiro atoms. The maximum absolute atomic E-state index is 12.1. The summed E-state index contributed by atoms with van der Waals surface area (Å²) in [5.41, 5.74) is 3.20. The lowest BCUT2D eigenvalue weighted by molar-refractivity contribution is 0.0702. The molecular weight excluding hydrogens is 288 g/mol. The molecule has 2 aromatic heterocycles. The molecule has 0 aromatic carbocycles. The number of allylic oxidation sites excluding steroid dienone is 1. The van der Waals surface area contributed by atoms with E-state index in [1.165, 1.54) is 12.1 Å². The number of aromatic nitrogens is 2. The summed E-state index contributed by atoms with van der Waals surface area (Å²) in [4.78, 5) is 23.0. The van der Waals surface area contributed by atoms with Crippen LogP contribution in [0.15, 0.2) is 17.5 Å². The number of carbonyl (C=O) groups is 2. The number of aryl methyl sites for hydroxylation is 2. The third kappa shape index (κ3) is 3.11. The Morgan fingerprint density at radius 1 is 1.43 bits per heavy atom. The first-order chi connectivity index (χ1) is 9.93. The number of ketones is 1. The number of carboxylic acid groups (broad SMARTS) is 1. The van der Waals surface area contributed by atoms with Gasteiger partial charge in [-0.15, -0.1) is 11.3 Å². The number of nitrogens with zero attached hydrogens (tertiary/aromatic N) is 2. The SMILES string of the molecule is CCn1nc(C)c(C=CC(=O)c2csc(C(=O)O)c2)c1C. The average molecular weight is 304 g/mol. The van der Waals surface area contributed by atoms with Gasteiger partial charge in [-0.05, 0) is 39.0 Å². The topological polar surface area (TPSA) is 72.2 Å². The fraction of sp³-hybridized carbons (Fsp3) is 0.267. The Balaban J connectivity index is 2.22. The second-order valence-electron chi connectivity index (χ2n) is 4.60. The lowest BCUT2D eigenvalue weighted by atomic mass is 10.1. The second kappa shape index (κ2) is 6.05. The standard InChI is InChI=1S/C15H16N2O3S/c1-4-17-10(3)12(9(2)16-17)5-6-13(18)11-7-14(15(19)20)21-8-11/h5-8H,4H2,1-3H3,(H,19,20). The predicted molar refractivity (Wildman–Crippen MR) is 82.0 cm³/mol. The van der Waals surface area contributed by atoms with E-state index in [4.69, 9.17) is 5.11 Å². The van der Waals surface area contributed by atoms with Gasteiger partial charge in [-0.3, -0.25) is 9.48 Å². The molecule has 2 aromatic rings. The molecule has 0 aliphatic carbocycles. The van der Waals surface area contributed by atoms with Crippen molar-refractivity contribution in [1.29, 1.82) is 0 Å². The lowest BCUT2D eigenvalue weighted by Gasteiger charge is -1.98. The Bertz CT molecular complexity index is 725. The Morgan fingerprint density at radius 3 is 2.67 bits per heavy atom. The van der Waals surface area contributed by atoms with Crippen molar-refractivity contribution in [3.05, 3.63) is 44.9 Å². The highest BCUT2D eigenvalue weighted by molar-refractivity contribution is 7.12. The van der Waals surface area contributed by atoms with E-state index in [9.17, 15) is 9.59 Å². The molecule has 0 aliphatic heterocycles. The average Bonchev–Trinajstić information content (AvgIpc) is 3.03. The van der Waals surface area contributed by atoms with Gasteiger partial charge in [-0.25, -0.2) is 4.79 Å². The molecule has 6 heteroatoms. The first-order valence-electron chi connectivity index (χ1n) is 6.52. The van der Waals surface area contributed by atoms with Gasteiger partial charge in [0.05, 0.1) is 5.69 Å². The quantitative estimate of drug-likeness (QED) is 0.680. The zero-order valence-corrected chi connectivity index (χ0v) is 12.9. The van der Waals surface area contributed by atoms with Crippen LogP contribution < -0.4 is 0 Å². The summed E-state index contributed by atoms with van der Waals surface area (Å²) in [5, 5.41) is 14.8. The molecular formula is C15H16N2O3S. The van der Waals surface area contributed by atoms with Gasteiger partial charge in [0.25, 0.3) is 0 Å². The minimum absolute atomic E-state index is 0.165. The van der Waals surface area contributed by atoms with Crippen LogP contribution in [0, 0.1) is 13.8 Å². The monoisotopic (exact) mass is 304 g/mol. The smallest absolute Gasteiger partial charge is 0.345 e. The Hall–Kier alpha value is -2.21. The molecule has 2 rings (SSSR count). The van der Waals surface area contributed by atoms with E-state index in [2.05, 4.69) is 5.10 Å². The molecule has 1 N–H and O–H groups in total. The summed E-state index contributed by atoms with van der Waals surface area (Å²) in [7, 11) is 0. The van der Waals surface area contributed by atoms with Crippen LogP contribution in [0.5, 0.6) is 0 Å². The number of carboxylic acids is 1. The van der Waals surface area contributed by atoms with E-state index in [1.807, 2.05) is 25.5 Å². The molecule has 0 amide bonds. The van der Waals surface area contributed by atoms with E-state index < -0.39 is 5.97 Å². The van der Waals surface area contributed by atoms with Crippen molar-refractivity contribution >= 4 is 29.2 Å². The number of rotatable bonds is 5. The summed E-state index contributed by atoms with van der Waals surface area (Å²) in [6.45, 7) is 6.65. The maximum Gasteiger partial charge on any atom is 0.345 e. The fourth-order valence-corrected chi connectivity index (χ4v) is 2.83. The van der Waals surface area contributed by atoms with E-state index in [0.717, 1.165) is 34.8 Å². The van der Waals surface area contributed by atoms with Crippen LogP contribution in [0.3, 0.4) is 0 Å². The number of hydrogen-bond acceptors (Lipinski definition) is 4. The summed E-state index contributed by atoms with van der Waals surface area (Å²) in [6.07, 6.45) is 3.20. The Morgan fingerprint density at radius 2 is 2.14 bits per heavy atom. The molecule has 0 atom stereocenters. The summed E-state index contributed by atoms with van der Waals surface area (Å²) >= 11 is 1.05. The fourth-order valence-electron chi connectivity index (χ4n) is 2.09. The number of aromatic carboxylic acids is 1. The van der Waals surface area contributed by atoms with Gasteiger partial charge in [-0.1, -0.05) is 0 Å². The van der Waals surface area contributed by atoms with E-state index in [1.54, 1.807) is 11.5 Å². The van der Waals surface area contributed by atoms with E-state index >= 15 is 0 Å². The molecule has 0 aliphatic rings. The van der Waals surface area contributed by atoms with Crippen LogP contribution >= 0.6 is 11.3 Å². The van der Waals surface area contributed by atoms with E-state index in [0.29, 0.717) is 5.56 Å². The first kappa shape index (κ1) is 15.2. The molecule has 2 heterocycles. The zero-order chi connectivity index (χ0) is 15.6. The normalized spacial score (nSPS) is 11.2. The number of thiophene rings is 1. The predicted octanol–water partition coefficient (Wildman–Crippen LogP) is 3.18. The van der Waals surface area contributed by atoms with Crippen molar-refractivity contribution in [3.8, 4) is 0 Å². The van der Waals surface area contributed by atoms with Crippen molar-refractivity contribution in [3.63, 3.8) is 0 Å². The second-order valence-corrected chi connectivity index (χ2v) is 5.51. The molecule has 110 valence electrons. The van der Waals surface area contributed by atoms with Gasteiger partial charge < -0.3 is 5.11 Å². The van der Waals surface area contributed by atoms with Crippen LogP contribution in [0.25, 0.3) is 6.08 Å².